The summed E-state index contributed by atoms with van der Waals surface area (Å²) in [5.74, 6) is 0.147. The van der Waals surface area contributed by atoms with Crippen LogP contribution in [0.25, 0.3) is 0 Å². The molecule has 2 rings (SSSR count). The summed E-state index contributed by atoms with van der Waals surface area (Å²) in [7, 11) is 2.14. The number of hydrogen-bond acceptors (Lipinski definition) is 6. The average molecular weight is 313 g/mol. The molecule has 112 valence electrons. The van der Waals surface area contributed by atoms with Crippen molar-refractivity contribution >= 4 is 39.6 Å². The van der Waals surface area contributed by atoms with Crippen molar-refractivity contribution in [3.8, 4) is 0 Å². The quantitative estimate of drug-likeness (QED) is 0.684. The van der Waals surface area contributed by atoms with Crippen molar-refractivity contribution < 1.29 is 4.79 Å². The van der Waals surface area contributed by atoms with Gasteiger partial charge in [0.05, 0.1) is 15.5 Å². The Morgan fingerprint density at radius 2 is 1.90 bits per heavy atom. The van der Waals surface area contributed by atoms with Crippen LogP contribution in [0.1, 0.15) is 23.5 Å². The van der Waals surface area contributed by atoms with Crippen molar-refractivity contribution in [1.29, 1.82) is 0 Å². The summed E-state index contributed by atoms with van der Waals surface area (Å²) in [5, 5.41) is 1.17. The van der Waals surface area contributed by atoms with Crippen LogP contribution >= 0.6 is 23.1 Å². The molecule has 1 aromatic rings. The second kappa shape index (κ2) is 6.37. The topological polar surface area (TPSA) is 49.6 Å². The van der Waals surface area contributed by atoms with Crippen molar-refractivity contribution in [2.75, 3.05) is 50.1 Å². The summed E-state index contributed by atoms with van der Waals surface area (Å²) in [6.45, 7) is 7.96. The van der Waals surface area contributed by atoms with E-state index in [0.717, 1.165) is 36.0 Å². The van der Waals surface area contributed by atoms with Crippen molar-refractivity contribution in [2.24, 2.45) is 5.92 Å². The Kier molecular flexibility index (Phi) is 4.99. The molecule has 1 aliphatic rings. The van der Waals surface area contributed by atoms with Crippen molar-refractivity contribution in [1.82, 2.24) is 4.90 Å². The SMILES string of the molecule is CSc1c(N2CCN(C)CC2)sc(C(=O)C(C)C)c1N. The van der Waals surface area contributed by atoms with Gasteiger partial charge in [-0.3, -0.25) is 4.79 Å². The largest absolute Gasteiger partial charge is 0.396 e. The third kappa shape index (κ3) is 2.97. The van der Waals surface area contributed by atoms with Gasteiger partial charge in [0, 0.05) is 32.1 Å². The molecule has 0 aliphatic carbocycles. The van der Waals surface area contributed by atoms with Crippen molar-refractivity contribution in [3.05, 3.63) is 4.88 Å². The summed E-state index contributed by atoms with van der Waals surface area (Å²) in [6, 6.07) is 0. The highest BCUT2D eigenvalue weighted by atomic mass is 32.2. The first-order valence-electron chi connectivity index (χ1n) is 6.89. The number of Topliss-reactive ketones (excluding diaryl/α,β-unsaturated/α-hetero) is 1. The summed E-state index contributed by atoms with van der Waals surface area (Å²) in [5.41, 5.74) is 6.90. The van der Waals surface area contributed by atoms with E-state index in [0.29, 0.717) is 5.69 Å². The van der Waals surface area contributed by atoms with Gasteiger partial charge in [0.1, 0.15) is 5.00 Å². The molecule has 2 N–H and O–H groups in total. The molecule has 0 spiro atoms. The lowest BCUT2D eigenvalue weighted by atomic mass is 10.1. The normalized spacial score (nSPS) is 16.9. The van der Waals surface area contributed by atoms with E-state index in [4.69, 9.17) is 5.73 Å². The monoisotopic (exact) mass is 313 g/mol. The molecular weight excluding hydrogens is 290 g/mol. The van der Waals surface area contributed by atoms with Gasteiger partial charge in [-0.25, -0.2) is 0 Å². The van der Waals surface area contributed by atoms with Crippen LogP contribution in [0.5, 0.6) is 0 Å². The number of thiophene rings is 1. The number of rotatable bonds is 4. The fourth-order valence-electron chi connectivity index (χ4n) is 2.28. The molecule has 1 fully saturated rings. The van der Waals surface area contributed by atoms with Crippen LogP contribution in [-0.4, -0.2) is 50.2 Å². The molecule has 6 heteroatoms. The number of ketones is 1. The van der Waals surface area contributed by atoms with Gasteiger partial charge in [0.15, 0.2) is 5.78 Å². The maximum absolute atomic E-state index is 12.3. The minimum atomic E-state index is -0.00834. The fourth-order valence-corrected chi connectivity index (χ4v) is 4.60. The Morgan fingerprint density at radius 3 is 2.40 bits per heavy atom. The van der Waals surface area contributed by atoms with E-state index < -0.39 is 0 Å². The standard InChI is InChI=1S/C14H23N3OS2/c1-9(2)11(18)12-10(15)13(19-4)14(20-12)17-7-5-16(3)6-8-17/h9H,5-8,15H2,1-4H3. The molecule has 0 unspecified atom stereocenters. The van der Waals surface area contributed by atoms with Crippen LogP contribution in [0.3, 0.4) is 0 Å². The third-order valence-corrected chi connectivity index (χ3v) is 5.86. The molecule has 1 aromatic heterocycles. The van der Waals surface area contributed by atoms with Gasteiger partial charge in [-0.15, -0.1) is 23.1 Å². The molecular formula is C14H23N3OS2. The molecule has 20 heavy (non-hydrogen) atoms. The van der Waals surface area contributed by atoms with Crippen LogP contribution in [-0.2, 0) is 0 Å². The van der Waals surface area contributed by atoms with Crippen molar-refractivity contribution in [2.45, 2.75) is 18.7 Å². The van der Waals surface area contributed by atoms with Gasteiger partial charge >= 0.3 is 0 Å². The number of hydrogen-bond donors (Lipinski definition) is 1. The molecule has 2 heterocycles. The average Bonchev–Trinajstić information content (AvgIpc) is 2.75. The molecule has 1 saturated heterocycles. The molecule has 0 saturated carbocycles. The number of anilines is 2. The Hall–Kier alpha value is -0.720. The van der Waals surface area contributed by atoms with E-state index in [-0.39, 0.29) is 11.7 Å². The maximum Gasteiger partial charge on any atom is 0.177 e. The lowest BCUT2D eigenvalue weighted by Gasteiger charge is -2.33. The van der Waals surface area contributed by atoms with E-state index >= 15 is 0 Å². The zero-order valence-electron chi connectivity index (χ0n) is 12.6. The molecule has 0 atom stereocenters. The first kappa shape index (κ1) is 15.7. The van der Waals surface area contributed by atoms with E-state index in [1.165, 1.54) is 5.00 Å². The fraction of sp³-hybridized carbons (Fsp3) is 0.643. The van der Waals surface area contributed by atoms with E-state index in [9.17, 15) is 4.79 Å². The zero-order valence-corrected chi connectivity index (χ0v) is 14.2. The van der Waals surface area contributed by atoms with Gasteiger partial charge in [0.25, 0.3) is 0 Å². The third-order valence-electron chi connectivity index (χ3n) is 3.63. The predicted molar refractivity (Wildman–Crippen MR) is 89.4 cm³/mol. The zero-order chi connectivity index (χ0) is 14.9. The van der Waals surface area contributed by atoms with Gasteiger partial charge in [-0.1, -0.05) is 13.8 Å². The highest BCUT2D eigenvalue weighted by Crippen LogP contribution is 2.44. The van der Waals surface area contributed by atoms with Gasteiger partial charge in [0.2, 0.25) is 0 Å². The first-order chi connectivity index (χ1) is 9.45. The Labute approximate surface area is 129 Å². The Bertz CT molecular complexity index is 491. The predicted octanol–water partition coefficient (Wildman–Crippen LogP) is 2.64. The Balaban J connectivity index is 2.33. The van der Waals surface area contributed by atoms with E-state index in [1.54, 1.807) is 23.1 Å². The van der Waals surface area contributed by atoms with Crippen LogP contribution in [0.2, 0.25) is 0 Å². The second-order valence-corrected chi connectivity index (χ2v) is 7.31. The van der Waals surface area contributed by atoms with Crippen LogP contribution in [0.15, 0.2) is 4.90 Å². The molecule has 0 radical (unpaired) electrons. The number of thioether (sulfide) groups is 1. The minimum absolute atomic E-state index is 0.00834. The minimum Gasteiger partial charge on any atom is -0.396 e. The highest BCUT2D eigenvalue weighted by Gasteiger charge is 2.26. The number of nitrogens with zero attached hydrogens (tertiary/aromatic N) is 2. The van der Waals surface area contributed by atoms with E-state index in [2.05, 4.69) is 16.8 Å². The van der Waals surface area contributed by atoms with Gasteiger partial charge < -0.3 is 15.5 Å². The van der Waals surface area contributed by atoms with Crippen LogP contribution < -0.4 is 10.6 Å². The molecule has 0 amide bonds. The summed E-state index contributed by atoms with van der Waals surface area (Å²) < 4.78 is 0. The summed E-state index contributed by atoms with van der Waals surface area (Å²) >= 11 is 3.21. The lowest BCUT2D eigenvalue weighted by Crippen LogP contribution is -2.44. The Morgan fingerprint density at radius 1 is 1.30 bits per heavy atom. The number of likely N-dealkylation sites (N-methyl/N-ethyl adjacent to an activating group) is 1. The number of nitrogens with two attached hydrogens (primary N) is 1. The van der Waals surface area contributed by atoms with Crippen LogP contribution in [0, 0.1) is 5.92 Å². The van der Waals surface area contributed by atoms with Gasteiger partial charge in [-0.05, 0) is 13.3 Å². The molecule has 4 nitrogen and oxygen atoms in total. The number of carbonyl (C=O) groups is 1. The number of carbonyl (C=O) groups excluding carboxylic acids is 1. The molecule has 1 aliphatic heterocycles. The number of nitrogen functional groups attached to an aromatic ring is 1. The maximum atomic E-state index is 12.3. The summed E-state index contributed by atoms with van der Waals surface area (Å²) in [6.07, 6.45) is 2.03. The first-order valence-corrected chi connectivity index (χ1v) is 8.93. The highest BCUT2D eigenvalue weighted by molar-refractivity contribution is 7.99. The van der Waals surface area contributed by atoms with Crippen molar-refractivity contribution in [3.63, 3.8) is 0 Å². The summed E-state index contributed by atoms with van der Waals surface area (Å²) in [4.78, 5) is 18.8. The smallest absolute Gasteiger partial charge is 0.177 e. The molecule has 0 aromatic carbocycles. The van der Waals surface area contributed by atoms with Crippen LogP contribution in [0.4, 0.5) is 10.7 Å². The second-order valence-electron chi connectivity index (χ2n) is 5.49. The van der Waals surface area contributed by atoms with Gasteiger partial charge in [-0.2, -0.15) is 0 Å². The number of piperazine rings is 1. The molecule has 0 bridgehead atoms. The van der Waals surface area contributed by atoms with E-state index in [1.807, 2.05) is 20.1 Å². The lowest BCUT2D eigenvalue weighted by molar-refractivity contribution is 0.0944.